The van der Waals surface area contributed by atoms with Crippen LogP contribution in [0.2, 0.25) is 0 Å². The van der Waals surface area contributed by atoms with Crippen LogP contribution >= 0.6 is 11.3 Å². The maximum Gasteiger partial charge on any atom is 0.145 e. The first-order chi connectivity index (χ1) is 16.1. The Morgan fingerprint density at radius 1 is 1.06 bits per heavy atom. The van der Waals surface area contributed by atoms with E-state index in [9.17, 15) is 9.59 Å². The minimum Gasteiger partial charge on any atom is -0.384 e. The van der Waals surface area contributed by atoms with Gasteiger partial charge < -0.3 is 4.74 Å². The van der Waals surface area contributed by atoms with Gasteiger partial charge in [-0.05, 0) is 36.6 Å². The Balaban J connectivity index is 1.51. The molecule has 0 fully saturated rings. The van der Waals surface area contributed by atoms with Gasteiger partial charge in [-0.3, -0.25) is 19.3 Å². The van der Waals surface area contributed by atoms with Crippen LogP contribution in [0.4, 0.5) is 0 Å². The first kappa shape index (κ1) is 25.9. The van der Waals surface area contributed by atoms with E-state index in [0.717, 1.165) is 45.4 Å². The Hall–Kier alpha value is -2.71. The maximum atomic E-state index is 12.7. The molecule has 0 atom stereocenters. The lowest BCUT2D eigenvalue weighted by molar-refractivity contribution is -0.119. The molecule has 0 aliphatic carbocycles. The quantitative estimate of drug-likeness (QED) is 0.390. The maximum absolute atomic E-state index is 12.7. The lowest BCUT2D eigenvalue weighted by Crippen LogP contribution is -2.12. The van der Waals surface area contributed by atoms with Crippen molar-refractivity contribution >= 4 is 22.9 Å². The summed E-state index contributed by atoms with van der Waals surface area (Å²) in [4.78, 5) is 34.6. The van der Waals surface area contributed by atoms with Crippen molar-refractivity contribution in [3.8, 4) is 0 Å². The summed E-state index contributed by atoms with van der Waals surface area (Å²) in [6, 6.07) is 6.00. The van der Waals surface area contributed by atoms with Crippen LogP contribution in [0.3, 0.4) is 0 Å². The van der Waals surface area contributed by atoms with E-state index in [1.165, 1.54) is 0 Å². The molecule has 8 heteroatoms. The van der Waals surface area contributed by atoms with Crippen LogP contribution in [-0.2, 0) is 58.9 Å². The molecule has 0 bridgehead atoms. The molecule has 3 heterocycles. The third kappa shape index (κ3) is 7.67. The average molecular weight is 483 g/mol. The van der Waals surface area contributed by atoms with Crippen LogP contribution in [0, 0.1) is 0 Å². The number of rotatable bonds is 12. The van der Waals surface area contributed by atoms with Crippen molar-refractivity contribution in [3.63, 3.8) is 0 Å². The predicted octanol–water partition coefficient (Wildman–Crippen LogP) is 3.86. The van der Waals surface area contributed by atoms with Gasteiger partial charge in [-0.2, -0.15) is 5.10 Å². The molecule has 0 N–H and O–H groups in total. The van der Waals surface area contributed by atoms with Gasteiger partial charge in [0.15, 0.2) is 0 Å². The predicted molar refractivity (Wildman–Crippen MR) is 133 cm³/mol. The van der Waals surface area contributed by atoms with Crippen molar-refractivity contribution in [2.75, 3.05) is 13.7 Å². The van der Waals surface area contributed by atoms with Gasteiger partial charge in [-0.15, -0.1) is 11.3 Å². The second-order valence-corrected chi connectivity index (χ2v) is 10.8. The van der Waals surface area contributed by atoms with E-state index in [1.807, 2.05) is 31.4 Å². The number of methoxy groups -OCH3 is 1. The number of ketones is 2. The third-order valence-electron chi connectivity index (χ3n) is 5.58. The Bertz CT molecular complexity index is 1130. The van der Waals surface area contributed by atoms with E-state index in [4.69, 9.17) is 4.74 Å². The number of nitrogens with zero attached hydrogens (tertiary/aromatic N) is 4. The Labute approximate surface area is 205 Å². The van der Waals surface area contributed by atoms with Crippen molar-refractivity contribution < 1.29 is 14.3 Å². The monoisotopic (exact) mass is 482 g/mol. The van der Waals surface area contributed by atoms with E-state index in [0.29, 0.717) is 32.3 Å². The minimum absolute atomic E-state index is 0.0433. The van der Waals surface area contributed by atoms with Gasteiger partial charge >= 0.3 is 0 Å². The molecule has 7 nitrogen and oxygen atoms in total. The van der Waals surface area contributed by atoms with E-state index in [1.54, 1.807) is 29.3 Å². The largest absolute Gasteiger partial charge is 0.384 e. The van der Waals surface area contributed by atoms with Crippen molar-refractivity contribution in [1.29, 1.82) is 0 Å². The highest BCUT2D eigenvalue weighted by Gasteiger charge is 2.20. The second kappa shape index (κ2) is 11.6. The number of ether oxygens (including phenoxy) is 1. The van der Waals surface area contributed by atoms with Crippen LogP contribution in [0.1, 0.15) is 59.7 Å². The molecule has 3 aromatic heterocycles. The molecule has 34 heavy (non-hydrogen) atoms. The molecule has 0 aliphatic rings. The Morgan fingerprint density at radius 2 is 1.85 bits per heavy atom. The number of aromatic nitrogens is 4. The zero-order chi connectivity index (χ0) is 24.7. The van der Waals surface area contributed by atoms with Crippen LogP contribution in [0.5, 0.6) is 0 Å². The lowest BCUT2D eigenvalue weighted by Gasteiger charge is -2.13. The fourth-order valence-electron chi connectivity index (χ4n) is 3.57. The number of pyridine rings is 1. The highest BCUT2D eigenvalue weighted by molar-refractivity contribution is 7.11. The second-order valence-electron chi connectivity index (χ2n) is 9.62. The van der Waals surface area contributed by atoms with Crippen molar-refractivity contribution in [2.45, 2.75) is 64.7 Å². The number of carbonyl (C=O) groups is 2. The summed E-state index contributed by atoms with van der Waals surface area (Å²) in [6.07, 6.45) is 6.73. The number of thiazole rings is 1. The molecule has 0 unspecified atom stereocenters. The van der Waals surface area contributed by atoms with Crippen molar-refractivity contribution in [1.82, 2.24) is 19.7 Å². The van der Waals surface area contributed by atoms with Gasteiger partial charge in [0.05, 0.1) is 18.7 Å². The molecule has 182 valence electrons. The summed E-state index contributed by atoms with van der Waals surface area (Å²) in [7, 11) is 3.48. The summed E-state index contributed by atoms with van der Waals surface area (Å²) in [5.41, 5.74) is 3.81. The fraction of sp³-hybridized carbons (Fsp3) is 0.500. The fourth-order valence-corrected chi connectivity index (χ4v) is 4.52. The smallest absolute Gasteiger partial charge is 0.145 e. The number of carbonyl (C=O) groups excluding carboxylic acids is 2. The molecule has 0 aromatic carbocycles. The first-order valence-corrected chi connectivity index (χ1v) is 12.4. The molecule has 0 saturated carbocycles. The molecular weight excluding hydrogens is 448 g/mol. The third-order valence-corrected chi connectivity index (χ3v) is 6.63. The molecule has 0 radical (unpaired) electrons. The van der Waals surface area contributed by atoms with Gasteiger partial charge in [0.25, 0.3) is 0 Å². The molecule has 3 aromatic rings. The summed E-state index contributed by atoms with van der Waals surface area (Å²) >= 11 is 1.59. The molecule has 0 amide bonds. The van der Waals surface area contributed by atoms with Gasteiger partial charge in [-0.25, -0.2) is 4.98 Å². The zero-order valence-electron chi connectivity index (χ0n) is 20.8. The first-order valence-electron chi connectivity index (χ1n) is 11.6. The molecule has 0 spiro atoms. The standard InChI is InChI=1S/C26H34N4O3S/c1-26(2,3)24-15-20(30(4)29-24)14-22(32)16-25-28-17-23(34-25)7-6-18-8-10-27-19(12-18)13-21(31)9-11-33-5/h8,10,12,15,17H,6-7,9,11,13-14,16H2,1-5H3. The SMILES string of the molecule is COCCC(=O)Cc1cc(CCc2cnc(CC(=O)Cc3cc(C(C)(C)C)nn3C)s2)ccn1. The van der Waals surface area contributed by atoms with Crippen molar-refractivity contribution in [2.24, 2.45) is 7.05 Å². The Morgan fingerprint density at radius 3 is 2.56 bits per heavy atom. The molecule has 0 saturated heterocycles. The van der Waals surface area contributed by atoms with E-state index < -0.39 is 0 Å². The average Bonchev–Trinajstić information content (AvgIpc) is 3.37. The van der Waals surface area contributed by atoms with Gasteiger partial charge in [0.1, 0.15) is 16.6 Å². The van der Waals surface area contributed by atoms with Gasteiger partial charge in [0.2, 0.25) is 0 Å². The number of aryl methyl sites for hydroxylation is 3. The lowest BCUT2D eigenvalue weighted by atomic mass is 9.92. The number of hydrogen-bond donors (Lipinski definition) is 0. The Kier molecular flexibility index (Phi) is 8.85. The molecule has 0 aliphatic heterocycles. The van der Waals surface area contributed by atoms with Gasteiger partial charge in [0, 0.05) is 67.5 Å². The van der Waals surface area contributed by atoms with Crippen LogP contribution < -0.4 is 0 Å². The van der Waals surface area contributed by atoms with Crippen LogP contribution in [0.15, 0.2) is 30.6 Å². The van der Waals surface area contributed by atoms with Crippen LogP contribution in [-0.4, -0.2) is 45.0 Å². The van der Waals surface area contributed by atoms with Crippen LogP contribution in [0.25, 0.3) is 0 Å². The summed E-state index contributed by atoms with van der Waals surface area (Å²) < 4.78 is 6.77. The van der Waals surface area contributed by atoms with Gasteiger partial charge in [-0.1, -0.05) is 20.8 Å². The molecular formula is C26H34N4O3S. The summed E-state index contributed by atoms with van der Waals surface area (Å²) in [5, 5.41) is 5.40. The minimum atomic E-state index is -0.0433. The zero-order valence-corrected chi connectivity index (χ0v) is 21.6. The molecule has 3 rings (SSSR count). The summed E-state index contributed by atoms with van der Waals surface area (Å²) in [5.74, 6) is 0.269. The van der Waals surface area contributed by atoms with E-state index in [2.05, 4.69) is 35.8 Å². The highest BCUT2D eigenvalue weighted by Crippen LogP contribution is 2.22. The number of hydrogen-bond acceptors (Lipinski definition) is 7. The summed E-state index contributed by atoms with van der Waals surface area (Å²) in [6.45, 7) is 6.79. The highest BCUT2D eigenvalue weighted by atomic mass is 32.1. The normalized spacial score (nSPS) is 11.7. The van der Waals surface area contributed by atoms with E-state index >= 15 is 0 Å². The van der Waals surface area contributed by atoms with E-state index in [-0.39, 0.29) is 17.0 Å². The topological polar surface area (TPSA) is 87.0 Å². The number of Topliss-reactive ketones (excluding diaryl/α,β-unsaturated/α-hetero) is 2. The van der Waals surface area contributed by atoms with Crippen molar-refractivity contribution in [3.05, 3.63) is 63.1 Å².